The molecular formula is C17H18N2O2. The number of fused-ring (bicyclic) bond motifs is 3. The average molecular weight is 282 g/mol. The maximum atomic E-state index is 12.1. The maximum Gasteiger partial charge on any atom is 0.256 e. The Balaban J connectivity index is 2.12. The van der Waals surface area contributed by atoms with Gasteiger partial charge in [-0.2, -0.15) is 0 Å². The van der Waals surface area contributed by atoms with Crippen molar-refractivity contribution in [2.75, 3.05) is 20.2 Å². The van der Waals surface area contributed by atoms with E-state index in [1.54, 1.807) is 0 Å². The summed E-state index contributed by atoms with van der Waals surface area (Å²) >= 11 is 0. The largest absolute Gasteiger partial charge is 0.493 e. The fourth-order valence-electron chi connectivity index (χ4n) is 2.55. The van der Waals surface area contributed by atoms with Crippen molar-refractivity contribution in [1.29, 1.82) is 0 Å². The molecule has 0 aliphatic carbocycles. The molecule has 0 atom stereocenters. The quantitative estimate of drug-likeness (QED) is 0.559. The van der Waals surface area contributed by atoms with Gasteiger partial charge in [-0.05, 0) is 38.2 Å². The number of ether oxygens (including phenoxy) is 1. The fraction of sp³-hybridized carbons (Fsp3) is 0.235. The summed E-state index contributed by atoms with van der Waals surface area (Å²) in [7, 11) is 1.93. The second-order valence-corrected chi connectivity index (χ2v) is 4.98. The molecule has 0 spiro atoms. The van der Waals surface area contributed by atoms with E-state index in [-0.39, 0.29) is 5.56 Å². The van der Waals surface area contributed by atoms with E-state index in [1.807, 2.05) is 49.5 Å². The van der Waals surface area contributed by atoms with Crippen LogP contribution in [0.1, 0.15) is 6.42 Å². The third-order valence-corrected chi connectivity index (χ3v) is 3.54. The standard InChI is InChI=1S/C17H18N2O2/c1-18-10-5-11-21-15-9-4-8-14-16(15)12-6-2-3-7-13(12)17(20)19-14/h2-4,6-9,18H,5,10-11H2,1H3,(H,19,20). The van der Waals surface area contributed by atoms with Crippen molar-refractivity contribution in [3.63, 3.8) is 0 Å². The zero-order valence-electron chi connectivity index (χ0n) is 12.0. The van der Waals surface area contributed by atoms with Gasteiger partial charge in [0.1, 0.15) is 5.75 Å². The van der Waals surface area contributed by atoms with Gasteiger partial charge in [0.05, 0.1) is 12.1 Å². The third kappa shape index (κ3) is 2.62. The minimum atomic E-state index is -0.0644. The molecule has 1 aromatic heterocycles. The van der Waals surface area contributed by atoms with Crippen LogP contribution in [0.4, 0.5) is 0 Å². The Morgan fingerprint density at radius 3 is 2.71 bits per heavy atom. The van der Waals surface area contributed by atoms with Gasteiger partial charge in [0.25, 0.3) is 5.56 Å². The molecule has 0 unspecified atom stereocenters. The maximum absolute atomic E-state index is 12.1. The summed E-state index contributed by atoms with van der Waals surface area (Å²) in [6, 6.07) is 13.4. The van der Waals surface area contributed by atoms with E-state index in [0.29, 0.717) is 12.0 Å². The number of rotatable bonds is 5. The van der Waals surface area contributed by atoms with E-state index in [9.17, 15) is 4.79 Å². The Morgan fingerprint density at radius 2 is 1.90 bits per heavy atom. The van der Waals surface area contributed by atoms with E-state index in [4.69, 9.17) is 4.74 Å². The molecule has 1 heterocycles. The Labute approximate surface area is 122 Å². The lowest BCUT2D eigenvalue weighted by Crippen LogP contribution is -2.12. The van der Waals surface area contributed by atoms with Gasteiger partial charge < -0.3 is 15.0 Å². The van der Waals surface area contributed by atoms with Crippen molar-refractivity contribution in [2.45, 2.75) is 6.42 Å². The van der Waals surface area contributed by atoms with Crippen molar-refractivity contribution in [3.8, 4) is 5.75 Å². The number of nitrogens with one attached hydrogen (secondary N) is 2. The summed E-state index contributed by atoms with van der Waals surface area (Å²) in [5.74, 6) is 0.816. The van der Waals surface area contributed by atoms with Crippen LogP contribution in [0.25, 0.3) is 21.7 Å². The van der Waals surface area contributed by atoms with Crippen LogP contribution < -0.4 is 15.6 Å². The van der Waals surface area contributed by atoms with Gasteiger partial charge in [0.2, 0.25) is 0 Å². The predicted octanol–water partition coefficient (Wildman–Crippen LogP) is 2.67. The van der Waals surface area contributed by atoms with Crippen molar-refractivity contribution in [3.05, 3.63) is 52.8 Å². The minimum absolute atomic E-state index is 0.0644. The zero-order chi connectivity index (χ0) is 14.7. The molecule has 4 heteroatoms. The highest BCUT2D eigenvalue weighted by Gasteiger charge is 2.09. The highest BCUT2D eigenvalue weighted by atomic mass is 16.5. The van der Waals surface area contributed by atoms with Crippen molar-refractivity contribution >= 4 is 21.7 Å². The molecule has 0 amide bonds. The molecule has 3 aromatic rings. The van der Waals surface area contributed by atoms with Gasteiger partial charge >= 0.3 is 0 Å². The summed E-state index contributed by atoms with van der Waals surface area (Å²) in [5, 5.41) is 5.69. The lowest BCUT2D eigenvalue weighted by Gasteiger charge is -2.11. The van der Waals surface area contributed by atoms with Crippen LogP contribution in [0.3, 0.4) is 0 Å². The van der Waals surface area contributed by atoms with Crippen molar-refractivity contribution in [1.82, 2.24) is 10.3 Å². The molecule has 0 aliphatic heterocycles. The van der Waals surface area contributed by atoms with E-state index in [1.165, 1.54) is 0 Å². The van der Waals surface area contributed by atoms with Gasteiger partial charge in [0, 0.05) is 16.2 Å². The lowest BCUT2D eigenvalue weighted by molar-refractivity contribution is 0.313. The first-order valence-corrected chi connectivity index (χ1v) is 7.12. The number of hydrogen-bond acceptors (Lipinski definition) is 3. The Morgan fingerprint density at radius 1 is 1.10 bits per heavy atom. The Bertz CT molecular complexity index is 824. The molecule has 2 N–H and O–H groups in total. The van der Waals surface area contributed by atoms with Gasteiger partial charge in [-0.3, -0.25) is 4.79 Å². The molecule has 3 rings (SSSR count). The highest BCUT2D eigenvalue weighted by molar-refractivity contribution is 6.08. The molecule has 0 fully saturated rings. The number of hydrogen-bond donors (Lipinski definition) is 2. The van der Waals surface area contributed by atoms with Crippen LogP contribution in [-0.2, 0) is 0 Å². The van der Waals surface area contributed by atoms with Gasteiger partial charge in [-0.25, -0.2) is 0 Å². The molecule has 0 radical (unpaired) electrons. The van der Waals surface area contributed by atoms with Crippen LogP contribution in [-0.4, -0.2) is 25.2 Å². The fourth-order valence-corrected chi connectivity index (χ4v) is 2.55. The number of H-pyrrole nitrogens is 1. The average Bonchev–Trinajstić information content (AvgIpc) is 2.52. The molecule has 0 saturated carbocycles. The number of pyridine rings is 1. The molecule has 2 aromatic carbocycles. The first-order chi connectivity index (χ1) is 10.3. The molecule has 0 saturated heterocycles. The van der Waals surface area contributed by atoms with Crippen LogP contribution in [0.2, 0.25) is 0 Å². The van der Waals surface area contributed by atoms with Crippen LogP contribution in [0.15, 0.2) is 47.3 Å². The number of aromatic amines is 1. The summed E-state index contributed by atoms with van der Waals surface area (Å²) in [5.41, 5.74) is 0.746. The second-order valence-electron chi connectivity index (χ2n) is 4.98. The molecular weight excluding hydrogens is 264 g/mol. The molecule has 0 aliphatic rings. The lowest BCUT2D eigenvalue weighted by atomic mass is 10.1. The first kappa shape index (κ1) is 13.6. The van der Waals surface area contributed by atoms with Crippen molar-refractivity contribution < 1.29 is 4.74 Å². The van der Waals surface area contributed by atoms with Gasteiger partial charge in [0.15, 0.2) is 0 Å². The summed E-state index contributed by atoms with van der Waals surface area (Å²) in [4.78, 5) is 15.0. The molecule has 108 valence electrons. The van der Waals surface area contributed by atoms with Gasteiger partial charge in [-0.1, -0.05) is 24.3 Å². The topological polar surface area (TPSA) is 54.1 Å². The second kappa shape index (κ2) is 5.97. The van der Waals surface area contributed by atoms with E-state index >= 15 is 0 Å². The van der Waals surface area contributed by atoms with E-state index in [2.05, 4.69) is 10.3 Å². The highest BCUT2D eigenvalue weighted by Crippen LogP contribution is 2.30. The smallest absolute Gasteiger partial charge is 0.256 e. The summed E-state index contributed by atoms with van der Waals surface area (Å²) in [6.45, 7) is 1.57. The van der Waals surface area contributed by atoms with Crippen LogP contribution in [0, 0.1) is 0 Å². The summed E-state index contributed by atoms with van der Waals surface area (Å²) < 4.78 is 5.91. The van der Waals surface area contributed by atoms with Gasteiger partial charge in [-0.15, -0.1) is 0 Å². The molecule has 21 heavy (non-hydrogen) atoms. The zero-order valence-corrected chi connectivity index (χ0v) is 12.0. The Hall–Kier alpha value is -2.33. The van der Waals surface area contributed by atoms with Crippen LogP contribution >= 0.6 is 0 Å². The molecule has 0 bridgehead atoms. The SMILES string of the molecule is CNCCCOc1cccc2[nH]c(=O)c3ccccc3c12. The number of benzene rings is 2. The van der Waals surface area contributed by atoms with E-state index in [0.717, 1.165) is 35.0 Å². The normalized spacial score (nSPS) is 11.1. The molecule has 4 nitrogen and oxygen atoms in total. The minimum Gasteiger partial charge on any atom is -0.493 e. The Kier molecular flexibility index (Phi) is 3.88. The predicted molar refractivity (Wildman–Crippen MR) is 86.1 cm³/mol. The first-order valence-electron chi connectivity index (χ1n) is 7.12. The third-order valence-electron chi connectivity index (χ3n) is 3.54. The van der Waals surface area contributed by atoms with E-state index < -0.39 is 0 Å². The van der Waals surface area contributed by atoms with Crippen LogP contribution in [0.5, 0.6) is 5.75 Å². The number of aromatic nitrogens is 1. The summed E-state index contributed by atoms with van der Waals surface area (Å²) in [6.07, 6.45) is 0.939. The monoisotopic (exact) mass is 282 g/mol. The van der Waals surface area contributed by atoms with Crippen molar-refractivity contribution in [2.24, 2.45) is 0 Å².